The zero-order chi connectivity index (χ0) is 19.3. The fourth-order valence-electron chi connectivity index (χ4n) is 5.51. The summed E-state index contributed by atoms with van der Waals surface area (Å²) in [6.45, 7) is 4.68. The van der Waals surface area contributed by atoms with E-state index < -0.39 is 0 Å². The molecule has 29 heavy (non-hydrogen) atoms. The normalized spacial score (nSPS) is 14.8. The van der Waals surface area contributed by atoms with Crippen molar-refractivity contribution in [2.45, 2.75) is 19.3 Å². The molecule has 0 saturated carbocycles. The summed E-state index contributed by atoms with van der Waals surface area (Å²) in [5.41, 5.74) is 9.56. The van der Waals surface area contributed by atoms with Crippen LogP contribution in [0.5, 0.6) is 0 Å². The first-order valence-corrected chi connectivity index (χ1v) is 10.1. The van der Waals surface area contributed by atoms with E-state index >= 15 is 0 Å². The topological polar surface area (TPSA) is 28.9 Å². The Labute approximate surface area is 167 Å². The van der Waals surface area contributed by atoms with Crippen molar-refractivity contribution >= 4 is 43.7 Å². The van der Waals surface area contributed by atoms with Crippen molar-refractivity contribution in [1.82, 2.24) is 4.98 Å². The van der Waals surface area contributed by atoms with Gasteiger partial charge in [0.15, 0.2) is 0 Å². The number of para-hydroxylation sites is 2. The van der Waals surface area contributed by atoms with Crippen LogP contribution in [0.2, 0.25) is 0 Å². The van der Waals surface area contributed by atoms with Gasteiger partial charge in [-0.1, -0.05) is 68.4 Å². The Morgan fingerprint density at radius 1 is 0.724 bits per heavy atom. The van der Waals surface area contributed by atoms with Gasteiger partial charge in [-0.25, -0.2) is 0 Å². The lowest BCUT2D eigenvalue weighted by atomic mass is 9.80. The number of aromatic amines is 1. The van der Waals surface area contributed by atoms with Crippen LogP contribution in [0.1, 0.15) is 25.0 Å². The van der Waals surface area contributed by atoms with Gasteiger partial charge in [0, 0.05) is 43.6 Å². The second kappa shape index (κ2) is 4.90. The monoisotopic (exact) mass is 373 g/mol. The summed E-state index contributed by atoms with van der Waals surface area (Å²) >= 11 is 0. The second-order valence-electron chi connectivity index (χ2n) is 8.67. The summed E-state index contributed by atoms with van der Waals surface area (Å²) in [7, 11) is 0. The smallest absolute Gasteiger partial charge is 0.143 e. The third-order valence-electron chi connectivity index (χ3n) is 6.79. The Morgan fingerprint density at radius 3 is 2.41 bits per heavy atom. The van der Waals surface area contributed by atoms with Crippen LogP contribution in [-0.2, 0) is 5.41 Å². The van der Waals surface area contributed by atoms with E-state index in [-0.39, 0.29) is 5.41 Å². The van der Waals surface area contributed by atoms with Crippen LogP contribution in [0.3, 0.4) is 0 Å². The minimum Gasteiger partial charge on any atom is -0.455 e. The minimum absolute atomic E-state index is 0.0949. The van der Waals surface area contributed by atoms with Crippen molar-refractivity contribution in [3.05, 3.63) is 83.9 Å². The summed E-state index contributed by atoms with van der Waals surface area (Å²) < 4.78 is 6.42. The van der Waals surface area contributed by atoms with Gasteiger partial charge in [-0.05, 0) is 34.9 Å². The van der Waals surface area contributed by atoms with Gasteiger partial charge in [0.05, 0.1) is 0 Å². The van der Waals surface area contributed by atoms with E-state index in [2.05, 4.69) is 85.6 Å². The van der Waals surface area contributed by atoms with E-state index in [0.29, 0.717) is 0 Å². The fourth-order valence-corrected chi connectivity index (χ4v) is 5.51. The number of hydrogen-bond donors (Lipinski definition) is 1. The van der Waals surface area contributed by atoms with Crippen molar-refractivity contribution in [3.8, 4) is 11.1 Å². The Hall–Kier alpha value is -3.52. The number of aromatic nitrogens is 1. The van der Waals surface area contributed by atoms with Crippen molar-refractivity contribution in [3.63, 3.8) is 0 Å². The van der Waals surface area contributed by atoms with E-state index in [0.717, 1.165) is 11.2 Å². The summed E-state index contributed by atoms with van der Waals surface area (Å²) in [4.78, 5) is 3.61. The molecule has 1 aliphatic rings. The molecule has 2 heteroatoms. The Bertz CT molecular complexity index is 1630. The number of rotatable bonds is 0. The molecule has 4 aromatic carbocycles. The van der Waals surface area contributed by atoms with E-state index in [1.54, 1.807) is 0 Å². The number of fused-ring (bicyclic) bond motifs is 11. The lowest BCUT2D eigenvalue weighted by Gasteiger charge is -2.22. The molecule has 0 aliphatic heterocycles. The maximum atomic E-state index is 6.42. The molecule has 138 valence electrons. The zero-order valence-corrected chi connectivity index (χ0v) is 16.3. The number of furan rings is 1. The summed E-state index contributed by atoms with van der Waals surface area (Å²) in [6, 6.07) is 26.0. The summed E-state index contributed by atoms with van der Waals surface area (Å²) in [5.74, 6) is 0. The minimum atomic E-state index is -0.0949. The third kappa shape index (κ3) is 1.73. The Morgan fingerprint density at radius 2 is 1.52 bits per heavy atom. The first-order chi connectivity index (χ1) is 14.1. The van der Waals surface area contributed by atoms with Gasteiger partial charge < -0.3 is 9.40 Å². The highest BCUT2D eigenvalue weighted by Crippen LogP contribution is 2.55. The van der Waals surface area contributed by atoms with Gasteiger partial charge in [0.25, 0.3) is 0 Å². The Balaban J connectivity index is 1.70. The number of nitrogens with one attached hydrogen (secondary N) is 1. The quantitative estimate of drug-likeness (QED) is 0.293. The van der Waals surface area contributed by atoms with E-state index in [4.69, 9.17) is 4.42 Å². The average Bonchev–Trinajstić information content (AvgIpc) is 3.36. The molecule has 0 spiro atoms. The molecule has 2 heterocycles. The fraction of sp³-hybridized carbons (Fsp3) is 0.111. The maximum absolute atomic E-state index is 6.42. The molecule has 7 rings (SSSR count). The molecular weight excluding hydrogens is 354 g/mol. The van der Waals surface area contributed by atoms with Crippen LogP contribution < -0.4 is 0 Å². The van der Waals surface area contributed by atoms with Gasteiger partial charge in [0.1, 0.15) is 11.2 Å². The van der Waals surface area contributed by atoms with E-state index in [1.807, 2.05) is 6.07 Å². The molecule has 0 unspecified atom stereocenters. The predicted molar refractivity (Wildman–Crippen MR) is 121 cm³/mol. The molecule has 0 amide bonds. The highest BCUT2D eigenvalue weighted by atomic mass is 16.3. The average molecular weight is 373 g/mol. The number of H-pyrrole nitrogens is 1. The van der Waals surface area contributed by atoms with Crippen LogP contribution in [0, 0.1) is 0 Å². The van der Waals surface area contributed by atoms with Gasteiger partial charge in [0.2, 0.25) is 0 Å². The second-order valence-corrected chi connectivity index (χ2v) is 8.67. The number of hydrogen-bond acceptors (Lipinski definition) is 1. The molecule has 0 atom stereocenters. The first-order valence-electron chi connectivity index (χ1n) is 10.1. The van der Waals surface area contributed by atoms with Crippen molar-refractivity contribution in [2.75, 3.05) is 0 Å². The van der Waals surface area contributed by atoms with Crippen molar-refractivity contribution in [2.24, 2.45) is 0 Å². The molecule has 0 radical (unpaired) electrons. The van der Waals surface area contributed by atoms with Crippen LogP contribution in [0.25, 0.3) is 54.9 Å². The predicted octanol–water partition coefficient (Wildman–Crippen LogP) is 7.53. The largest absolute Gasteiger partial charge is 0.455 e. The zero-order valence-electron chi connectivity index (χ0n) is 16.3. The molecule has 6 aromatic rings. The van der Waals surface area contributed by atoms with Crippen LogP contribution in [-0.4, -0.2) is 4.98 Å². The molecule has 0 bridgehead atoms. The maximum Gasteiger partial charge on any atom is 0.143 e. The highest BCUT2D eigenvalue weighted by molar-refractivity contribution is 6.16. The molecule has 1 N–H and O–H groups in total. The summed E-state index contributed by atoms with van der Waals surface area (Å²) in [5, 5.41) is 5.01. The molecule has 2 nitrogen and oxygen atoms in total. The lowest BCUT2D eigenvalue weighted by molar-refractivity contribution is 0.657. The molecule has 0 saturated heterocycles. The van der Waals surface area contributed by atoms with Gasteiger partial charge >= 0.3 is 0 Å². The lowest BCUT2D eigenvalue weighted by Crippen LogP contribution is -2.15. The SMILES string of the molecule is CC1(C)c2ccc3c(oc4ccccc43)c2-c2ccc3[nH]c4ccccc4c3c21. The van der Waals surface area contributed by atoms with E-state index in [9.17, 15) is 0 Å². The van der Waals surface area contributed by atoms with Crippen molar-refractivity contribution < 1.29 is 4.42 Å². The molecule has 0 fully saturated rings. The van der Waals surface area contributed by atoms with E-state index in [1.165, 1.54) is 54.8 Å². The van der Waals surface area contributed by atoms with Gasteiger partial charge in [-0.2, -0.15) is 0 Å². The highest BCUT2D eigenvalue weighted by Gasteiger charge is 2.39. The van der Waals surface area contributed by atoms with Gasteiger partial charge in [-0.3, -0.25) is 0 Å². The van der Waals surface area contributed by atoms with Crippen LogP contribution >= 0.6 is 0 Å². The first kappa shape index (κ1) is 15.4. The third-order valence-corrected chi connectivity index (χ3v) is 6.79. The van der Waals surface area contributed by atoms with Crippen LogP contribution in [0.4, 0.5) is 0 Å². The Kier molecular flexibility index (Phi) is 2.60. The number of benzene rings is 4. The summed E-state index contributed by atoms with van der Waals surface area (Å²) in [6.07, 6.45) is 0. The molecule has 2 aromatic heterocycles. The molecule has 1 aliphatic carbocycles. The molecular formula is C27H19NO. The standard InChI is InChI=1S/C27H19NO/c1-27(2)19-13-11-16-15-7-4-6-10-22(15)29-26(16)23(19)18-12-14-21-24(25(18)27)17-8-3-5-9-20(17)28-21/h3-14,28H,1-2H3. The van der Waals surface area contributed by atoms with Crippen LogP contribution in [0.15, 0.2) is 77.2 Å². The van der Waals surface area contributed by atoms with Crippen molar-refractivity contribution in [1.29, 1.82) is 0 Å². The van der Waals surface area contributed by atoms with Gasteiger partial charge in [-0.15, -0.1) is 0 Å².